The lowest BCUT2D eigenvalue weighted by molar-refractivity contribution is -0.122. The van der Waals surface area contributed by atoms with Crippen LogP contribution in [-0.4, -0.2) is 55.4 Å². The minimum Gasteiger partial charge on any atom is -0.441 e. The van der Waals surface area contributed by atoms with Crippen LogP contribution in [0.3, 0.4) is 0 Å². The molecule has 1 amide bonds. The number of hydrogen-bond acceptors (Lipinski definition) is 6. The molecule has 2 fully saturated rings. The number of hydrogen-bond donors (Lipinski definition) is 0. The molecule has 0 saturated carbocycles. The summed E-state index contributed by atoms with van der Waals surface area (Å²) in [7, 11) is 0. The number of ether oxygens (including phenoxy) is 1. The Bertz CT molecular complexity index is 632. The zero-order chi connectivity index (χ0) is 16.2. The Morgan fingerprint density at radius 2 is 2.09 bits per heavy atom. The lowest BCUT2D eigenvalue weighted by atomic mass is 10.3. The van der Waals surface area contributed by atoms with E-state index in [9.17, 15) is 4.79 Å². The lowest BCUT2D eigenvalue weighted by Gasteiger charge is -2.26. The van der Waals surface area contributed by atoms with Crippen LogP contribution in [0.5, 0.6) is 0 Å². The molecule has 2 saturated heterocycles. The minimum atomic E-state index is -0.00553. The number of furan rings is 1. The van der Waals surface area contributed by atoms with Crippen molar-refractivity contribution in [1.82, 2.24) is 4.90 Å². The predicted molar refractivity (Wildman–Crippen MR) is 92.7 cm³/mol. The van der Waals surface area contributed by atoms with Gasteiger partial charge in [0.15, 0.2) is 11.1 Å². The van der Waals surface area contributed by atoms with Gasteiger partial charge in [0, 0.05) is 38.3 Å². The molecular weight excluding hydrogens is 314 g/mol. The van der Waals surface area contributed by atoms with Crippen molar-refractivity contribution >= 4 is 34.8 Å². The largest absolute Gasteiger partial charge is 0.441 e. The zero-order valence-electron chi connectivity index (χ0n) is 13.4. The van der Waals surface area contributed by atoms with E-state index in [2.05, 4.69) is 9.89 Å². The second-order valence-electron chi connectivity index (χ2n) is 5.19. The third kappa shape index (κ3) is 3.45. The van der Waals surface area contributed by atoms with Gasteiger partial charge in [0.05, 0.1) is 18.1 Å². The first kappa shape index (κ1) is 16.1. The molecule has 6 nitrogen and oxygen atoms in total. The van der Waals surface area contributed by atoms with Crippen molar-refractivity contribution < 1.29 is 13.9 Å². The van der Waals surface area contributed by atoms with Crippen molar-refractivity contribution in [2.24, 2.45) is 4.99 Å². The number of aliphatic imine (C=N–C) groups is 1. The maximum Gasteiger partial charge on any atom is 0.266 e. The van der Waals surface area contributed by atoms with Crippen LogP contribution in [-0.2, 0) is 9.53 Å². The van der Waals surface area contributed by atoms with Gasteiger partial charge in [-0.05, 0) is 31.7 Å². The summed E-state index contributed by atoms with van der Waals surface area (Å²) in [6.45, 7) is 8.30. The first-order valence-electron chi connectivity index (χ1n) is 7.91. The molecule has 2 aliphatic rings. The molecule has 0 aromatic carbocycles. The molecule has 1 aromatic rings. The number of nitrogens with zero attached hydrogens (tertiary/aromatic N) is 3. The first-order valence-corrected chi connectivity index (χ1v) is 8.73. The van der Waals surface area contributed by atoms with Crippen molar-refractivity contribution in [2.45, 2.75) is 13.8 Å². The van der Waals surface area contributed by atoms with Crippen LogP contribution in [0.15, 0.2) is 26.4 Å². The molecule has 0 bridgehead atoms. The van der Waals surface area contributed by atoms with Crippen LogP contribution in [0.4, 0.5) is 5.88 Å². The van der Waals surface area contributed by atoms with Gasteiger partial charge in [0.1, 0.15) is 5.76 Å². The fourth-order valence-corrected chi connectivity index (χ4v) is 3.63. The summed E-state index contributed by atoms with van der Waals surface area (Å²) in [5, 5.41) is 0.770. The molecule has 0 N–H and O–H groups in total. The van der Waals surface area contributed by atoms with Crippen molar-refractivity contribution in [3.8, 4) is 0 Å². The molecule has 124 valence electrons. The summed E-state index contributed by atoms with van der Waals surface area (Å²) < 4.78 is 11.2. The normalized spacial score (nSPS) is 22.6. The summed E-state index contributed by atoms with van der Waals surface area (Å²) in [5.41, 5.74) is 0. The second kappa shape index (κ2) is 7.23. The molecule has 1 aromatic heterocycles. The number of carbonyl (C=O) groups is 1. The molecule has 3 rings (SSSR count). The molecule has 7 heteroatoms. The van der Waals surface area contributed by atoms with Crippen LogP contribution in [0.1, 0.15) is 19.6 Å². The number of amides is 1. The van der Waals surface area contributed by atoms with E-state index in [0.717, 1.165) is 24.1 Å². The van der Waals surface area contributed by atoms with Crippen LogP contribution in [0.2, 0.25) is 0 Å². The Kier molecular flexibility index (Phi) is 5.07. The summed E-state index contributed by atoms with van der Waals surface area (Å²) in [6, 6.07) is 3.84. The molecule has 0 spiro atoms. The number of anilines is 1. The average molecular weight is 335 g/mol. The quantitative estimate of drug-likeness (QED) is 0.791. The molecule has 23 heavy (non-hydrogen) atoms. The van der Waals surface area contributed by atoms with Crippen molar-refractivity contribution in [2.75, 3.05) is 44.3 Å². The van der Waals surface area contributed by atoms with Gasteiger partial charge >= 0.3 is 0 Å². The highest BCUT2D eigenvalue weighted by Crippen LogP contribution is 2.33. The Morgan fingerprint density at radius 1 is 1.30 bits per heavy atom. The van der Waals surface area contributed by atoms with Crippen molar-refractivity contribution in [1.29, 1.82) is 0 Å². The minimum absolute atomic E-state index is 0.00553. The van der Waals surface area contributed by atoms with E-state index in [0.29, 0.717) is 37.0 Å². The molecular formula is C16H21N3O3S. The summed E-state index contributed by atoms with van der Waals surface area (Å²) in [5.74, 6) is 1.51. The highest BCUT2D eigenvalue weighted by atomic mass is 32.2. The number of thioether (sulfide) groups is 1. The average Bonchev–Trinajstić information content (AvgIpc) is 3.15. The number of carbonyl (C=O) groups excluding carboxylic acids is 1. The van der Waals surface area contributed by atoms with E-state index in [-0.39, 0.29) is 5.91 Å². The molecule has 3 heterocycles. The molecule has 0 unspecified atom stereocenters. The van der Waals surface area contributed by atoms with E-state index in [1.165, 1.54) is 11.8 Å². The summed E-state index contributed by atoms with van der Waals surface area (Å²) in [6.07, 6.45) is 1.80. The topological polar surface area (TPSA) is 58.3 Å². The third-order valence-corrected chi connectivity index (χ3v) is 4.75. The lowest BCUT2D eigenvalue weighted by Crippen LogP contribution is -2.35. The van der Waals surface area contributed by atoms with Crippen LogP contribution >= 0.6 is 11.8 Å². The zero-order valence-corrected chi connectivity index (χ0v) is 14.3. The molecule has 0 radical (unpaired) electrons. The van der Waals surface area contributed by atoms with Crippen LogP contribution in [0, 0.1) is 0 Å². The predicted octanol–water partition coefficient (Wildman–Crippen LogP) is 2.43. The maximum absolute atomic E-state index is 12.4. The van der Waals surface area contributed by atoms with E-state index in [1.54, 1.807) is 11.0 Å². The van der Waals surface area contributed by atoms with E-state index in [4.69, 9.17) is 9.15 Å². The Hall–Kier alpha value is -1.73. The smallest absolute Gasteiger partial charge is 0.266 e. The fourth-order valence-electron chi connectivity index (χ4n) is 2.54. The van der Waals surface area contributed by atoms with Gasteiger partial charge in [0.25, 0.3) is 5.91 Å². The Morgan fingerprint density at radius 3 is 2.78 bits per heavy atom. The summed E-state index contributed by atoms with van der Waals surface area (Å²) in [4.78, 5) is 21.3. The molecule has 2 aliphatic heterocycles. The monoisotopic (exact) mass is 335 g/mol. The van der Waals surface area contributed by atoms with Gasteiger partial charge < -0.3 is 14.1 Å². The standard InChI is InChI=1S/C16H21N3O3S/c1-3-17-16-19(4-2)15(20)13(23-16)11-12-5-6-14(22-12)18-7-9-21-10-8-18/h5-6,11H,3-4,7-10H2,1-2H3/b13-11+,17-16?. The van der Waals surface area contributed by atoms with Crippen molar-refractivity contribution in [3.63, 3.8) is 0 Å². The number of likely N-dealkylation sites (N-methyl/N-ethyl adjacent to an activating group) is 1. The summed E-state index contributed by atoms with van der Waals surface area (Å²) >= 11 is 1.41. The maximum atomic E-state index is 12.4. The van der Waals surface area contributed by atoms with Gasteiger partial charge in [-0.3, -0.25) is 14.7 Å². The van der Waals surface area contributed by atoms with Gasteiger partial charge in [-0.15, -0.1) is 0 Å². The van der Waals surface area contributed by atoms with E-state index >= 15 is 0 Å². The van der Waals surface area contributed by atoms with Gasteiger partial charge in [-0.25, -0.2) is 0 Å². The van der Waals surface area contributed by atoms with E-state index < -0.39 is 0 Å². The number of morpholine rings is 1. The van der Waals surface area contributed by atoms with Gasteiger partial charge in [-0.2, -0.15) is 0 Å². The fraction of sp³-hybridized carbons (Fsp3) is 0.500. The van der Waals surface area contributed by atoms with Crippen LogP contribution in [0.25, 0.3) is 6.08 Å². The second-order valence-corrected chi connectivity index (χ2v) is 6.20. The van der Waals surface area contributed by atoms with Gasteiger partial charge in [0.2, 0.25) is 0 Å². The Balaban J connectivity index is 1.77. The highest BCUT2D eigenvalue weighted by Gasteiger charge is 2.32. The SMILES string of the molecule is CCN=C1S/C(=C/c2ccc(N3CCOCC3)o2)C(=O)N1CC. The molecule has 0 atom stereocenters. The Labute approximate surface area is 140 Å². The number of rotatable bonds is 4. The van der Waals surface area contributed by atoms with Crippen molar-refractivity contribution in [3.05, 3.63) is 22.8 Å². The third-order valence-electron chi connectivity index (χ3n) is 3.71. The highest BCUT2D eigenvalue weighted by molar-refractivity contribution is 8.18. The molecule has 0 aliphatic carbocycles. The van der Waals surface area contributed by atoms with Gasteiger partial charge in [-0.1, -0.05) is 0 Å². The van der Waals surface area contributed by atoms with E-state index in [1.807, 2.05) is 26.0 Å². The van der Waals surface area contributed by atoms with Crippen LogP contribution < -0.4 is 4.90 Å². The first-order chi connectivity index (χ1) is 11.2. The number of amidine groups is 1.